The first kappa shape index (κ1) is 23.0. The minimum absolute atomic E-state index is 0.140. The Morgan fingerprint density at radius 3 is 2.70 bits per heavy atom. The van der Waals surface area contributed by atoms with Crippen LogP contribution in [0.5, 0.6) is 11.5 Å². The number of carbonyl (C=O) groups is 1. The zero-order chi connectivity index (χ0) is 25.5. The van der Waals surface area contributed by atoms with Crippen LogP contribution in [0.1, 0.15) is 23.2 Å². The van der Waals surface area contributed by atoms with Crippen LogP contribution in [0.25, 0.3) is 16.6 Å². The van der Waals surface area contributed by atoms with Gasteiger partial charge in [-0.05, 0) is 72.2 Å². The van der Waals surface area contributed by atoms with Gasteiger partial charge in [-0.15, -0.1) is 0 Å². The third-order valence-electron chi connectivity index (χ3n) is 7.02. The molecule has 8 nitrogen and oxygen atoms in total. The van der Waals surface area contributed by atoms with Gasteiger partial charge in [0.1, 0.15) is 19.0 Å². The summed E-state index contributed by atoms with van der Waals surface area (Å²) in [6, 6.07) is 14.8. The van der Waals surface area contributed by atoms with Crippen molar-refractivity contribution >= 4 is 17.0 Å². The zero-order valence-electron chi connectivity index (χ0n) is 19.9. The van der Waals surface area contributed by atoms with Crippen molar-refractivity contribution in [3.05, 3.63) is 93.8 Å². The number of carboxylic acid groups (broad SMARTS) is 1. The lowest BCUT2D eigenvalue weighted by atomic mass is 9.87. The van der Waals surface area contributed by atoms with E-state index in [1.807, 2.05) is 18.2 Å². The SMILES string of the molecule is O=C(O)N(Cc1cc2c(cn1)OCCO2)[C@H]1CCc2cc(-n3c(=O)ccc4ccc(F)cc43)ccc2C1. The smallest absolute Gasteiger partial charge is 0.407 e. The Hall–Kier alpha value is -4.40. The number of hydrogen-bond acceptors (Lipinski definition) is 5. The predicted molar refractivity (Wildman–Crippen MR) is 134 cm³/mol. The van der Waals surface area contributed by atoms with Crippen molar-refractivity contribution in [2.45, 2.75) is 31.8 Å². The van der Waals surface area contributed by atoms with E-state index in [0.29, 0.717) is 60.9 Å². The summed E-state index contributed by atoms with van der Waals surface area (Å²) < 4.78 is 26.6. The number of rotatable bonds is 4. The normalized spacial score (nSPS) is 16.3. The Kier molecular flexibility index (Phi) is 5.75. The van der Waals surface area contributed by atoms with E-state index in [-0.39, 0.29) is 18.1 Å². The van der Waals surface area contributed by atoms with Crippen molar-refractivity contribution < 1.29 is 23.8 Å². The number of nitrogens with zero attached hydrogens (tertiary/aromatic N) is 3. The molecule has 0 unspecified atom stereocenters. The van der Waals surface area contributed by atoms with Crippen LogP contribution in [0.2, 0.25) is 0 Å². The summed E-state index contributed by atoms with van der Waals surface area (Å²) in [5.74, 6) is 0.730. The highest BCUT2D eigenvalue weighted by molar-refractivity contribution is 5.80. The van der Waals surface area contributed by atoms with E-state index in [4.69, 9.17) is 9.47 Å². The van der Waals surface area contributed by atoms with E-state index in [9.17, 15) is 19.1 Å². The maximum absolute atomic E-state index is 14.0. The van der Waals surface area contributed by atoms with Crippen LogP contribution in [0.4, 0.5) is 9.18 Å². The minimum Gasteiger partial charge on any atom is -0.486 e. The van der Waals surface area contributed by atoms with Crippen molar-refractivity contribution in [2.24, 2.45) is 0 Å². The number of halogens is 1. The molecular weight excluding hydrogens is 477 g/mol. The topological polar surface area (TPSA) is 93.9 Å². The molecule has 4 aromatic rings. The van der Waals surface area contributed by atoms with Gasteiger partial charge in [-0.25, -0.2) is 9.18 Å². The number of ether oxygens (including phenoxy) is 2. The highest BCUT2D eigenvalue weighted by Crippen LogP contribution is 2.32. The number of aromatic nitrogens is 2. The molecule has 2 aliphatic rings. The molecule has 6 rings (SSSR count). The summed E-state index contributed by atoms with van der Waals surface area (Å²) in [7, 11) is 0. The molecule has 1 aliphatic heterocycles. The fourth-order valence-corrected chi connectivity index (χ4v) is 5.20. The molecule has 1 N–H and O–H groups in total. The largest absolute Gasteiger partial charge is 0.486 e. The zero-order valence-corrected chi connectivity index (χ0v) is 19.9. The molecule has 0 radical (unpaired) electrons. The molecule has 2 aromatic heterocycles. The lowest BCUT2D eigenvalue weighted by Gasteiger charge is -2.33. The Labute approximate surface area is 211 Å². The highest BCUT2D eigenvalue weighted by atomic mass is 19.1. The van der Waals surface area contributed by atoms with E-state index < -0.39 is 11.9 Å². The van der Waals surface area contributed by atoms with E-state index in [2.05, 4.69) is 4.98 Å². The Bertz CT molecular complexity index is 1580. The standard InChI is InChI=1S/C28H24FN3O5/c29-20-5-1-17-4-8-27(33)32(24(17)13-20)23-7-3-18-11-22(6-2-19(18)12-23)31(28(34)35)16-21-14-25-26(15-30-21)37-10-9-36-25/h1,3-5,7-8,12-15,22H,2,6,9-11,16H2,(H,34,35)/t22-/m0/s1. The average Bonchev–Trinajstić information content (AvgIpc) is 2.91. The highest BCUT2D eigenvalue weighted by Gasteiger charge is 2.29. The second-order valence-corrected chi connectivity index (χ2v) is 9.29. The van der Waals surface area contributed by atoms with E-state index in [1.54, 1.807) is 24.4 Å². The lowest BCUT2D eigenvalue weighted by molar-refractivity contribution is 0.114. The molecule has 0 saturated heterocycles. The fourth-order valence-electron chi connectivity index (χ4n) is 5.20. The van der Waals surface area contributed by atoms with Crippen LogP contribution < -0.4 is 15.0 Å². The number of aryl methyl sites for hydroxylation is 1. The van der Waals surface area contributed by atoms with Gasteiger partial charge in [0.25, 0.3) is 5.56 Å². The van der Waals surface area contributed by atoms with Gasteiger partial charge >= 0.3 is 6.09 Å². The molecule has 0 spiro atoms. The summed E-state index contributed by atoms with van der Waals surface area (Å²) in [4.78, 5) is 30.7. The Morgan fingerprint density at radius 2 is 1.86 bits per heavy atom. The van der Waals surface area contributed by atoms with Crippen molar-refractivity contribution in [2.75, 3.05) is 13.2 Å². The molecule has 1 aliphatic carbocycles. The second-order valence-electron chi connectivity index (χ2n) is 9.29. The maximum atomic E-state index is 14.0. The number of hydrogen-bond donors (Lipinski definition) is 1. The van der Waals surface area contributed by atoms with Gasteiger partial charge in [-0.1, -0.05) is 6.07 Å². The lowest BCUT2D eigenvalue weighted by Crippen LogP contribution is -2.42. The van der Waals surface area contributed by atoms with Crippen molar-refractivity contribution in [1.82, 2.24) is 14.5 Å². The van der Waals surface area contributed by atoms with Crippen LogP contribution >= 0.6 is 0 Å². The third-order valence-corrected chi connectivity index (χ3v) is 7.02. The molecule has 0 fully saturated rings. The first-order valence-corrected chi connectivity index (χ1v) is 12.1. The molecule has 0 bridgehead atoms. The van der Waals surface area contributed by atoms with Crippen LogP contribution in [0.3, 0.4) is 0 Å². The number of benzene rings is 2. The molecular formula is C28H24FN3O5. The van der Waals surface area contributed by atoms with Gasteiger partial charge in [0.05, 0.1) is 24.0 Å². The quantitative estimate of drug-likeness (QED) is 0.447. The van der Waals surface area contributed by atoms with Crippen LogP contribution in [-0.2, 0) is 19.4 Å². The van der Waals surface area contributed by atoms with Crippen LogP contribution in [0.15, 0.2) is 65.6 Å². The van der Waals surface area contributed by atoms with E-state index in [0.717, 1.165) is 16.5 Å². The molecule has 3 heterocycles. The molecule has 188 valence electrons. The first-order valence-electron chi connectivity index (χ1n) is 12.1. The third kappa shape index (κ3) is 4.37. The van der Waals surface area contributed by atoms with Gasteiger partial charge in [-0.2, -0.15) is 0 Å². The molecule has 9 heteroatoms. The first-order chi connectivity index (χ1) is 18.0. The monoisotopic (exact) mass is 501 g/mol. The predicted octanol–water partition coefficient (Wildman–Crippen LogP) is 4.33. The Morgan fingerprint density at radius 1 is 1.05 bits per heavy atom. The van der Waals surface area contributed by atoms with Crippen LogP contribution in [0, 0.1) is 5.82 Å². The van der Waals surface area contributed by atoms with Crippen molar-refractivity contribution in [3.63, 3.8) is 0 Å². The molecule has 37 heavy (non-hydrogen) atoms. The van der Waals surface area contributed by atoms with Gasteiger partial charge in [0, 0.05) is 23.9 Å². The summed E-state index contributed by atoms with van der Waals surface area (Å²) >= 11 is 0. The summed E-state index contributed by atoms with van der Waals surface area (Å²) in [5.41, 5.74) is 3.60. The fraction of sp³-hybridized carbons (Fsp3) is 0.250. The molecule has 2 aromatic carbocycles. The minimum atomic E-state index is -1.01. The van der Waals surface area contributed by atoms with Crippen LogP contribution in [-0.4, -0.2) is 44.9 Å². The number of fused-ring (bicyclic) bond motifs is 3. The number of amides is 1. The molecule has 1 amide bonds. The van der Waals surface area contributed by atoms with Gasteiger partial charge in [-0.3, -0.25) is 19.2 Å². The second kappa shape index (κ2) is 9.24. The summed E-state index contributed by atoms with van der Waals surface area (Å²) in [6.07, 6.45) is 2.40. The van der Waals surface area contributed by atoms with Crippen molar-refractivity contribution in [3.8, 4) is 17.2 Å². The average molecular weight is 502 g/mol. The summed E-state index contributed by atoms with van der Waals surface area (Å²) in [6.45, 7) is 1.05. The van der Waals surface area contributed by atoms with Gasteiger partial charge < -0.3 is 14.6 Å². The Balaban J connectivity index is 1.27. The molecule has 1 atom stereocenters. The van der Waals surface area contributed by atoms with Gasteiger partial charge in [0.2, 0.25) is 0 Å². The van der Waals surface area contributed by atoms with E-state index in [1.165, 1.54) is 27.7 Å². The molecule has 0 saturated carbocycles. The van der Waals surface area contributed by atoms with Crippen molar-refractivity contribution in [1.29, 1.82) is 0 Å². The maximum Gasteiger partial charge on any atom is 0.407 e. The van der Waals surface area contributed by atoms with Gasteiger partial charge in [0.15, 0.2) is 11.5 Å². The summed E-state index contributed by atoms with van der Waals surface area (Å²) in [5, 5.41) is 10.8. The number of pyridine rings is 2. The van der Waals surface area contributed by atoms with E-state index >= 15 is 0 Å².